The predicted molar refractivity (Wildman–Crippen MR) is 68.0 cm³/mol. The van der Waals surface area contributed by atoms with Crippen molar-refractivity contribution in [2.75, 3.05) is 27.2 Å². The van der Waals surface area contributed by atoms with Crippen molar-refractivity contribution in [1.82, 2.24) is 10.2 Å². The number of nitrogens with zero attached hydrogens (tertiary/aromatic N) is 2. The molecule has 0 bridgehead atoms. The van der Waals surface area contributed by atoms with Crippen LogP contribution in [0.5, 0.6) is 5.75 Å². The van der Waals surface area contributed by atoms with Gasteiger partial charge in [0, 0.05) is 13.1 Å². The first-order valence-electron chi connectivity index (χ1n) is 5.85. The van der Waals surface area contributed by atoms with Crippen LogP contribution in [0.3, 0.4) is 0 Å². The smallest absolute Gasteiger partial charge is 0.387 e. The summed E-state index contributed by atoms with van der Waals surface area (Å²) in [7, 11) is 3.89. The van der Waals surface area contributed by atoms with Crippen molar-refractivity contribution in [2.45, 2.75) is 12.7 Å². The highest BCUT2D eigenvalue weighted by Gasteiger charge is 2.10. The molecule has 0 fully saturated rings. The van der Waals surface area contributed by atoms with Gasteiger partial charge in [-0.3, -0.25) is 5.32 Å². The van der Waals surface area contributed by atoms with Crippen LogP contribution in [0.15, 0.2) is 24.3 Å². The molecule has 1 atom stereocenters. The Bertz CT molecular complexity index is 415. The van der Waals surface area contributed by atoms with Crippen LogP contribution in [0.25, 0.3) is 0 Å². The lowest BCUT2D eigenvalue weighted by Crippen LogP contribution is -2.29. The number of rotatable bonds is 7. The molecule has 6 heteroatoms. The van der Waals surface area contributed by atoms with Gasteiger partial charge in [0.2, 0.25) is 0 Å². The van der Waals surface area contributed by atoms with Crippen molar-refractivity contribution in [3.63, 3.8) is 0 Å². The SMILES string of the molecule is CN(C)CCNC(C#N)c1ccc(OC(F)F)cc1. The summed E-state index contributed by atoms with van der Waals surface area (Å²) in [4.78, 5) is 2.00. The minimum atomic E-state index is -2.84. The van der Waals surface area contributed by atoms with E-state index in [2.05, 4.69) is 16.1 Å². The van der Waals surface area contributed by atoms with Crippen LogP contribution in [-0.4, -0.2) is 38.7 Å². The number of alkyl halides is 2. The monoisotopic (exact) mass is 269 g/mol. The maximum absolute atomic E-state index is 12.0. The quantitative estimate of drug-likeness (QED) is 0.822. The molecule has 0 aliphatic rings. The molecular formula is C13H17F2N3O. The number of halogens is 2. The Balaban J connectivity index is 2.59. The van der Waals surface area contributed by atoms with E-state index in [0.717, 1.165) is 12.1 Å². The van der Waals surface area contributed by atoms with Gasteiger partial charge in [-0.25, -0.2) is 0 Å². The summed E-state index contributed by atoms with van der Waals surface area (Å²) in [6.45, 7) is -1.36. The molecule has 104 valence electrons. The van der Waals surface area contributed by atoms with E-state index in [1.165, 1.54) is 12.1 Å². The van der Waals surface area contributed by atoms with Crippen LogP contribution >= 0.6 is 0 Å². The molecule has 1 unspecified atom stereocenters. The van der Waals surface area contributed by atoms with E-state index >= 15 is 0 Å². The highest BCUT2D eigenvalue weighted by atomic mass is 19.3. The van der Waals surface area contributed by atoms with E-state index in [0.29, 0.717) is 6.54 Å². The van der Waals surface area contributed by atoms with Crippen LogP contribution in [-0.2, 0) is 0 Å². The van der Waals surface area contributed by atoms with E-state index in [-0.39, 0.29) is 5.75 Å². The summed E-state index contributed by atoms with van der Waals surface area (Å²) < 4.78 is 28.2. The Morgan fingerprint density at radius 3 is 2.42 bits per heavy atom. The number of likely N-dealkylation sites (N-methyl/N-ethyl adjacent to an activating group) is 1. The molecule has 1 aromatic rings. The first-order valence-corrected chi connectivity index (χ1v) is 5.85. The molecule has 1 N–H and O–H groups in total. The molecule has 19 heavy (non-hydrogen) atoms. The molecule has 1 rings (SSSR count). The van der Waals surface area contributed by atoms with Gasteiger partial charge in [-0.2, -0.15) is 14.0 Å². The Morgan fingerprint density at radius 1 is 1.32 bits per heavy atom. The number of nitriles is 1. The van der Waals surface area contributed by atoms with Crippen LogP contribution in [0.2, 0.25) is 0 Å². The van der Waals surface area contributed by atoms with E-state index in [1.54, 1.807) is 12.1 Å². The fraction of sp³-hybridized carbons (Fsp3) is 0.462. The second-order valence-corrected chi connectivity index (χ2v) is 4.27. The number of hydrogen-bond donors (Lipinski definition) is 1. The number of hydrogen-bond acceptors (Lipinski definition) is 4. The van der Waals surface area contributed by atoms with E-state index < -0.39 is 12.7 Å². The minimum Gasteiger partial charge on any atom is -0.435 e. The number of nitrogens with one attached hydrogen (secondary N) is 1. The van der Waals surface area contributed by atoms with Crippen LogP contribution in [0, 0.1) is 11.3 Å². The Labute approximate surface area is 111 Å². The van der Waals surface area contributed by atoms with Crippen LogP contribution in [0.1, 0.15) is 11.6 Å². The van der Waals surface area contributed by atoms with Gasteiger partial charge < -0.3 is 9.64 Å². The lowest BCUT2D eigenvalue weighted by molar-refractivity contribution is -0.0498. The molecule has 0 spiro atoms. The fourth-order valence-corrected chi connectivity index (χ4v) is 1.51. The third-order valence-electron chi connectivity index (χ3n) is 2.48. The molecule has 0 aliphatic carbocycles. The Kier molecular flexibility index (Phi) is 6.19. The predicted octanol–water partition coefficient (Wildman–Crippen LogP) is 2.00. The summed E-state index contributed by atoms with van der Waals surface area (Å²) in [5.74, 6) is 0.0868. The van der Waals surface area contributed by atoms with Crippen molar-refractivity contribution in [3.05, 3.63) is 29.8 Å². The molecular weight excluding hydrogens is 252 g/mol. The molecule has 1 aromatic carbocycles. The lowest BCUT2D eigenvalue weighted by Gasteiger charge is -2.15. The minimum absolute atomic E-state index is 0.0868. The summed E-state index contributed by atoms with van der Waals surface area (Å²) in [5.41, 5.74) is 0.725. The fourth-order valence-electron chi connectivity index (χ4n) is 1.51. The summed E-state index contributed by atoms with van der Waals surface area (Å²) in [6.07, 6.45) is 0. The van der Waals surface area contributed by atoms with E-state index in [4.69, 9.17) is 5.26 Å². The van der Waals surface area contributed by atoms with E-state index in [9.17, 15) is 8.78 Å². The van der Waals surface area contributed by atoms with Gasteiger partial charge in [-0.1, -0.05) is 12.1 Å². The second kappa shape index (κ2) is 7.67. The van der Waals surface area contributed by atoms with Crippen molar-refractivity contribution in [3.8, 4) is 11.8 Å². The number of ether oxygens (including phenoxy) is 1. The standard InChI is InChI=1S/C13H17F2N3O/c1-18(2)8-7-17-12(9-16)10-3-5-11(6-4-10)19-13(14)15/h3-6,12-13,17H,7-8H2,1-2H3. The zero-order valence-corrected chi connectivity index (χ0v) is 10.9. The first kappa shape index (κ1) is 15.3. The highest BCUT2D eigenvalue weighted by molar-refractivity contribution is 5.31. The van der Waals surface area contributed by atoms with Gasteiger partial charge in [0.05, 0.1) is 6.07 Å². The van der Waals surface area contributed by atoms with Crippen molar-refractivity contribution in [2.24, 2.45) is 0 Å². The van der Waals surface area contributed by atoms with Gasteiger partial charge in [0.1, 0.15) is 11.8 Å². The lowest BCUT2D eigenvalue weighted by atomic mass is 10.1. The first-order chi connectivity index (χ1) is 9.02. The summed E-state index contributed by atoms with van der Waals surface area (Å²) in [5, 5.41) is 12.2. The third kappa shape index (κ3) is 5.64. The average molecular weight is 269 g/mol. The topological polar surface area (TPSA) is 48.3 Å². The Hall–Kier alpha value is -1.71. The van der Waals surface area contributed by atoms with Gasteiger partial charge in [0.25, 0.3) is 0 Å². The van der Waals surface area contributed by atoms with Crippen molar-refractivity contribution < 1.29 is 13.5 Å². The molecule has 0 amide bonds. The molecule has 0 heterocycles. The van der Waals surface area contributed by atoms with Crippen molar-refractivity contribution in [1.29, 1.82) is 5.26 Å². The number of benzene rings is 1. The average Bonchev–Trinajstić information content (AvgIpc) is 2.35. The zero-order valence-electron chi connectivity index (χ0n) is 10.9. The van der Waals surface area contributed by atoms with E-state index in [1.807, 2.05) is 19.0 Å². The van der Waals surface area contributed by atoms with Crippen molar-refractivity contribution >= 4 is 0 Å². The second-order valence-electron chi connectivity index (χ2n) is 4.27. The molecule has 4 nitrogen and oxygen atoms in total. The normalized spacial score (nSPS) is 12.5. The largest absolute Gasteiger partial charge is 0.435 e. The van der Waals surface area contributed by atoms with Gasteiger partial charge in [0.15, 0.2) is 0 Å². The Morgan fingerprint density at radius 2 is 1.95 bits per heavy atom. The van der Waals surface area contributed by atoms with Gasteiger partial charge in [-0.15, -0.1) is 0 Å². The zero-order chi connectivity index (χ0) is 14.3. The summed E-state index contributed by atoms with van der Waals surface area (Å²) in [6, 6.07) is 7.75. The van der Waals surface area contributed by atoms with Crippen LogP contribution in [0.4, 0.5) is 8.78 Å². The summed E-state index contributed by atoms with van der Waals surface area (Å²) >= 11 is 0. The van der Waals surface area contributed by atoms with Crippen LogP contribution < -0.4 is 10.1 Å². The molecule has 0 aromatic heterocycles. The van der Waals surface area contributed by atoms with Gasteiger partial charge in [-0.05, 0) is 31.8 Å². The molecule has 0 saturated carbocycles. The third-order valence-corrected chi connectivity index (χ3v) is 2.48. The molecule has 0 saturated heterocycles. The highest BCUT2D eigenvalue weighted by Crippen LogP contribution is 2.18. The van der Waals surface area contributed by atoms with Gasteiger partial charge >= 0.3 is 6.61 Å². The molecule has 0 radical (unpaired) electrons. The molecule has 0 aliphatic heterocycles. The maximum atomic E-state index is 12.0. The maximum Gasteiger partial charge on any atom is 0.387 e.